The number of carbonyl (C=O) groups excluding carboxylic acids is 2. The molecule has 2 aromatic rings. The van der Waals surface area contributed by atoms with Crippen LogP contribution >= 0.6 is 23.2 Å². The lowest BCUT2D eigenvalue weighted by atomic mass is 9.95. The number of hydrogen-bond acceptors (Lipinski definition) is 4. The molecule has 0 fully saturated rings. The molecule has 1 aliphatic rings. The minimum Gasteiger partial charge on any atom is -0.467 e. The maximum absolute atomic E-state index is 13.1. The number of halogens is 2. The Kier molecular flexibility index (Phi) is 6.15. The van der Waals surface area contributed by atoms with E-state index in [9.17, 15) is 9.59 Å². The molecule has 7 nitrogen and oxygen atoms in total. The van der Waals surface area contributed by atoms with Crippen molar-refractivity contribution in [3.63, 3.8) is 0 Å². The summed E-state index contributed by atoms with van der Waals surface area (Å²) in [5.41, 5.74) is 2.40. The third kappa shape index (κ3) is 3.95. The number of carbonyl (C=O) groups is 2. The van der Waals surface area contributed by atoms with Gasteiger partial charge in [0.25, 0.3) is 0 Å². The first-order valence-electron chi connectivity index (χ1n) is 8.95. The van der Waals surface area contributed by atoms with Gasteiger partial charge in [0.1, 0.15) is 12.1 Å². The van der Waals surface area contributed by atoms with Gasteiger partial charge >= 0.3 is 12.0 Å². The molecule has 0 spiro atoms. The summed E-state index contributed by atoms with van der Waals surface area (Å²) in [5.74, 6) is -0.610. The number of imidazole rings is 1. The molecule has 9 heteroatoms. The Bertz CT molecular complexity index is 884. The zero-order chi connectivity index (χ0) is 20.4. The molecule has 1 aromatic carbocycles. The predicted molar refractivity (Wildman–Crippen MR) is 106 cm³/mol. The van der Waals surface area contributed by atoms with Crippen LogP contribution in [-0.4, -0.2) is 46.6 Å². The zero-order valence-corrected chi connectivity index (χ0v) is 17.3. The lowest BCUT2D eigenvalue weighted by Gasteiger charge is -2.36. The first kappa shape index (κ1) is 20.5. The number of aromatic nitrogens is 2. The minimum absolute atomic E-state index is 0.125. The van der Waals surface area contributed by atoms with Crippen molar-refractivity contribution < 1.29 is 14.3 Å². The van der Waals surface area contributed by atoms with E-state index in [1.54, 1.807) is 29.4 Å². The highest BCUT2D eigenvalue weighted by Crippen LogP contribution is 2.37. The fourth-order valence-corrected chi connectivity index (χ4v) is 3.89. The van der Waals surface area contributed by atoms with E-state index < -0.39 is 18.1 Å². The van der Waals surface area contributed by atoms with Crippen LogP contribution in [0.3, 0.4) is 0 Å². The largest absolute Gasteiger partial charge is 0.467 e. The number of aromatic amines is 1. The molecule has 2 atom stereocenters. The lowest BCUT2D eigenvalue weighted by Crippen LogP contribution is -2.53. The fraction of sp³-hybridized carbons (Fsp3) is 0.421. The van der Waals surface area contributed by atoms with Crippen molar-refractivity contribution in [2.75, 3.05) is 13.7 Å². The summed E-state index contributed by atoms with van der Waals surface area (Å²) in [7, 11) is 1.30. The molecule has 0 bridgehead atoms. The Morgan fingerprint density at radius 1 is 1.36 bits per heavy atom. The van der Waals surface area contributed by atoms with E-state index in [-0.39, 0.29) is 11.9 Å². The Labute approximate surface area is 173 Å². The van der Waals surface area contributed by atoms with Gasteiger partial charge in [0.15, 0.2) is 0 Å². The number of urea groups is 1. The molecule has 150 valence electrons. The van der Waals surface area contributed by atoms with Crippen molar-refractivity contribution in [1.29, 1.82) is 0 Å². The molecule has 1 aromatic heterocycles. The number of benzene rings is 1. The van der Waals surface area contributed by atoms with E-state index >= 15 is 0 Å². The molecule has 2 N–H and O–H groups in total. The smallest absolute Gasteiger partial charge is 0.328 e. The third-order valence-corrected chi connectivity index (χ3v) is 5.41. The average molecular weight is 425 g/mol. The van der Waals surface area contributed by atoms with Gasteiger partial charge in [-0.05, 0) is 23.6 Å². The van der Waals surface area contributed by atoms with Gasteiger partial charge in [-0.25, -0.2) is 14.6 Å². The Hall–Kier alpha value is -2.25. The summed E-state index contributed by atoms with van der Waals surface area (Å²) in [6.45, 7) is 4.13. The van der Waals surface area contributed by atoms with E-state index in [4.69, 9.17) is 27.9 Å². The van der Waals surface area contributed by atoms with Crippen molar-refractivity contribution in [1.82, 2.24) is 20.2 Å². The second-order valence-corrected chi connectivity index (χ2v) is 7.82. The molecule has 2 heterocycles. The molecular formula is C19H22Cl2N4O3. The summed E-state index contributed by atoms with van der Waals surface area (Å²) in [4.78, 5) is 34.4. The molecular weight excluding hydrogens is 403 g/mol. The van der Waals surface area contributed by atoms with Crippen LogP contribution in [0.4, 0.5) is 4.79 Å². The van der Waals surface area contributed by atoms with Crippen LogP contribution in [0.1, 0.15) is 36.8 Å². The van der Waals surface area contributed by atoms with Crippen molar-refractivity contribution in [2.45, 2.75) is 32.4 Å². The fourth-order valence-electron chi connectivity index (χ4n) is 3.37. The van der Waals surface area contributed by atoms with Crippen LogP contribution in [0.2, 0.25) is 10.0 Å². The summed E-state index contributed by atoms with van der Waals surface area (Å²) in [5, 5.41) is 3.75. The zero-order valence-electron chi connectivity index (χ0n) is 15.8. The van der Waals surface area contributed by atoms with Crippen molar-refractivity contribution in [3.05, 3.63) is 51.5 Å². The highest BCUT2D eigenvalue weighted by molar-refractivity contribution is 6.35. The first-order valence-corrected chi connectivity index (χ1v) is 9.71. The van der Waals surface area contributed by atoms with Gasteiger partial charge in [-0.2, -0.15) is 0 Å². The molecule has 3 rings (SSSR count). The predicted octanol–water partition coefficient (Wildman–Crippen LogP) is 3.57. The molecule has 0 saturated carbocycles. The lowest BCUT2D eigenvalue weighted by molar-refractivity contribution is -0.144. The quantitative estimate of drug-likeness (QED) is 0.734. The summed E-state index contributed by atoms with van der Waals surface area (Å²) in [6, 6.07) is 3.53. The second kappa shape index (κ2) is 8.41. The monoisotopic (exact) mass is 424 g/mol. The molecule has 0 aliphatic carbocycles. The number of H-pyrrole nitrogens is 1. The van der Waals surface area contributed by atoms with Gasteiger partial charge in [0, 0.05) is 28.7 Å². The van der Waals surface area contributed by atoms with Gasteiger partial charge in [-0.1, -0.05) is 43.1 Å². The Balaban J connectivity index is 1.96. The number of amides is 2. The standard InChI is InChI=1S/C19H22Cl2N4O3/c1-10(2)15(18(26)28-3)24-19(27)25-7-6-14-16(23-9-22-14)17(25)12-5-4-11(20)8-13(12)21/h4-5,8-10,15,17H,6-7H2,1-3H3,(H,22,23)(H,24,27)/t15-,17?/m0/s1. The maximum atomic E-state index is 13.1. The number of fused-ring (bicyclic) bond motifs is 1. The van der Waals surface area contributed by atoms with E-state index in [0.29, 0.717) is 28.6 Å². The minimum atomic E-state index is -0.751. The van der Waals surface area contributed by atoms with E-state index in [1.165, 1.54) is 7.11 Å². The van der Waals surface area contributed by atoms with E-state index in [1.807, 2.05) is 13.8 Å². The number of rotatable bonds is 4. The van der Waals surface area contributed by atoms with Gasteiger partial charge in [-0.3, -0.25) is 0 Å². The van der Waals surface area contributed by atoms with E-state index in [2.05, 4.69) is 15.3 Å². The Morgan fingerprint density at radius 2 is 2.11 bits per heavy atom. The van der Waals surface area contributed by atoms with Crippen molar-refractivity contribution in [2.24, 2.45) is 5.92 Å². The number of ether oxygens (including phenoxy) is 1. The third-order valence-electron chi connectivity index (χ3n) is 4.84. The number of nitrogens with zero attached hydrogens (tertiary/aromatic N) is 2. The number of nitrogens with one attached hydrogen (secondary N) is 2. The second-order valence-electron chi connectivity index (χ2n) is 6.97. The number of methoxy groups -OCH3 is 1. The van der Waals surface area contributed by atoms with Crippen molar-refractivity contribution in [3.8, 4) is 0 Å². The van der Waals surface area contributed by atoms with Crippen molar-refractivity contribution >= 4 is 35.2 Å². The molecule has 1 aliphatic heterocycles. The van der Waals surface area contributed by atoms with Gasteiger partial charge in [0.05, 0.1) is 19.1 Å². The first-order chi connectivity index (χ1) is 13.3. The van der Waals surface area contributed by atoms with Crippen LogP contribution < -0.4 is 5.32 Å². The number of esters is 1. The van der Waals surface area contributed by atoms with Crippen LogP contribution in [0.15, 0.2) is 24.5 Å². The summed E-state index contributed by atoms with van der Waals surface area (Å²) >= 11 is 12.5. The maximum Gasteiger partial charge on any atom is 0.328 e. The molecule has 0 radical (unpaired) electrons. The highest BCUT2D eigenvalue weighted by atomic mass is 35.5. The normalized spacial score (nSPS) is 17.2. The van der Waals surface area contributed by atoms with E-state index in [0.717, 1.165) is 11.4 Å². The molecule has 0 saturated heterocycles. The number of hydrogen-bond donors (Lipinski definition) is 2. The Morgan fingerprint density at radius 3 is 2.75 bits per heavy atom. The van der Waals surface area contributed by atoms with Gasteiger partial charge in [-0.15, -0.1) is 0 Å². The van der Waals surface area contributed by atoms with Crippen LogP contribution in [0.25, 0.3) is 0 Å². The SMILES string of the molecule is COC(=O)[C@@H](NC(=O)N1CCc2[nH]cnc2C1c1ccc(Cl)cc1Cl)C(C)C. The highest BCUT2D eigenvalue weighted by Gasteiger charge is 2.37. The van der Waals surface area contributed by atoms with Crippen LogP contribution in [0, 0.1) is 5.92 Å². The summed E-state index contributed by atoms with van der Waals surface area (Å²) in [6.07, 6.45) is 2.23. The van der Waals surface area contributed by atoms with Crippen LogP contribution in [-0.2, 0) is 16.0 Å². The molecule has 2 amide bonds. The molecule has 28 heavy (non-hydrogen) atoms. The van der Waals surface area contributed by atoms with Crippen LogP contribution in [0.5, 0.6) is 0 Å². The topological polar surface area (TPSA) is 87.3 Å². The summed E-state index contributed by atoms with van der Waals surface area (Å²) < 4.78 is 4.82. The van der Waals surface area contributed by atoms with Gasteiger partial charge < -0.3 is 19.9 Å². The average Bonchev–Trinajstić information content (AvgIpc) is 3.13. The van der Waals surface area contributed by atoms with Gasteiger partial charge in [0.2, 0.25) is 0 Å². The molecule has 1 unspecified atom stereocenters.